The van der Waals surface area contributed by atoms with Crippen LogP contribution < -0.4 is 5.32 Å². The van der Waals surface area contributed by atoms with Crippen LogP contribution in [0.2, 0.25) is 0 Å². The molecule has 0 aromatic rings. The van der Waals surface area contributed by atoms with Crippen molar-refractivity contribution in [3.8, 4) is 0 Å². The van der Waals surface area contributed by atoms with E-state index in [1.807, 2.05) is 0 Å². The van der Waals surface area contributed by atoms with Crippen LogP contribution in [0.25, 0.3) is 0 Å². The number of hydrogen-bond acceptors (Lipinski definition) is 13. The SMILES string of the molecule is CC(=O)N[C@H]1C(O)O[C@H](COS(=O)(=O)O)[C@H](O)[C@@H]1O[C@@H]1O[C@H](C(=O)O)[C@@H](O)[C@H](O)[C@H]1O. The third kappa shape index (κ3) is 6.26. The van der Waals surface area contributed by atoms with E-state index in [0.717, 1.165) is 6.92 Å². The lowest BCUT2D eigenvalue weighted by atomic mass is 9.95. The number of aliphatic carboxylic acids is 1. The van der Waals surface area contributed by atoms with Gasteiger partial charge >= 0.3 is 16.4 Å². The molecule has 1 unspecified atom stereocenters. The van der Waals surface area contributed by atoms with Gasteiger partial charge in [-0.2, -0.15) is 8.42 Å². The smallest absolute Gasteiger partial charge is 0.397 e. The van der Waals surface area contributed by atoms with Crippen molar-refractivity contribution >= 4 is 22.3 Å². The molecule has 0 saturated carbocycles. The molecule has 0 aliphatic carbocycles. The van der Waals surface area contributed by atoms with Crippen molar-refractivity contribution < 1.29 is 71.6 Å². The molecule has 2 heterocycles. The van der Waals surface area contributed by atoms with Gasteiger partial charge in [0.25, 0.3) is 0 Å². The average Bonchev–Trinajstić information content (AvgIpc) is 2.64. The first kappa shape index (κ1) is 25.7. The average molecular weight is 477 g/mol. The third-order valence-corrected chi connectivity index (χ3v) is 4.98. The number of nitrogens with one attached hydrogen (secondary N) is 1. The van der Waals surface area contributed by atoms with Gasteiger partial charge < -0.3 is 50.2 Å². The number of amides is 1. The fraction of sp³-hybridized carbons (Fsp3) is 0.857. The Hall–Kier alpha value is -1.51. The van der Waals surface area contributed by atoms with Crippen molar-refractivity contribution in [2.45, 2.75) is 68.3 Å². The van der Waals surface area contributed by atoms with E-state index < -0.39 is 90.2 Å². The molecule has 0 radical (unpaired) electrons. The molecule has 1 amide bonds. The highest BCUT2D eigenvalue weighted by atomic mass is 32.3. The Morgan fingerprint density at radius 3 is 2.13 bits per heavy atom. The van der Waals surface area contributed by atoms with E-state index in [1.165, 1.54) is 0 Å². The summed E-state index contributed by atoms with van der Waals surface area (Å²) in [5.74, 6) is -2.44. The zero-order valence-corrected chi connectivity index (χ0v) is 16.6. The molecule has 17 heteroatoms. The Balaban J connectivity index is 2.27. The summed E-state index contributed by atoms with van der Waals surface area (Å²) < 4.78 is 49.5. The fourth-order valence-electron chi connectivity index (χ4n) is 3.09. The van der Waals surface area contributed by atoms with Gasteiger partial charge in [0.2, 0.25) is 5.91 Å². The molecule has 2 fully saturated rings. The Morgan fingerprint density at radius 1 is 1.00 bits per heavy atom. The number of carboxylic acid groups (broad SMARTS) is 1. The van der Waals surface area contributed by atoms with Crippen LogP contribution in [0.5, 0.6) is 0 Å². The molecule has 16 nitrogen and oxygen atoms in total. The van der Waals surface area contributed by atoms with E-state index in [1.54, 1.807) is 0 Å². The normalized spacial score (nSPS) is 41.5. The van der Waals surface area contributed by atoms with Gasteiger partial charge in [0.15, 0.2) is 18.7 Å². The number of carboxylic acids is 1. The van der Waals surface area contributed by atoms with Crippen LogP contribution in [0.1, 0.15) is 6.92 Å². The van der Waals surface area contributed by atoms with Gasteiger partial charge in [-0.1, -0.05) is 0 Å². The largest absolute Gasteiger partial charge is 0.479 e. The Morgan fingerprint density at radius 2 is 1.61 bits per heavy atom. The van der Waals surface area contributed by atoms with Gasteiger partial charge in [-0.15, -0.1) is 0 Å². The Labute approximate surface area is 174 Å². The summed E-state index contributed by atoms with van der Waals surface area (Å²) >= 11 is 0. The maximum absolute atomic E-state index is 11.5. The topological polar surface area (TPSA) is 259 Å². The van der Waals surface area contributed by atoms with E-state index in [9.17, 15) is 43.5 Å². The number of carbonyl (C=O) groups excluding carboxylic acids is 1. The first-order valence-electron chi connectivity index (χ1n) is 8.71. The minimum atomic E-state index is -4.95. The lowest BCUT2D eigenvalue weighted by Gasteiger charge is -2.46. The van der Waals surface area contributed by atoms with Crippen molar-refractivity contribution in [1.82, 2.24) is 5.32 Å². The Bertz CT molecular complexity index is 761. The van der Waals surface area contributed by atoms with E-state index >= 15 is 0 Å². The summed E-state index contributed by atoms with van der Waals surface area (Å²) in [5, 5.41) is 61.6. The molecule has 2 aliphatic heterocycles. The molecule has 0 aromatic carbocycles. The van der Waals surface area contributed by atoms with Gasteiger partial charge in [0.05, 0.1) is 6.61 Å². The lowest BCUT2D eigenvalue weighted by molar-refractivity contribution is -0.336. The summed E-state index contributed by atoms with van der Waals surface area (Å²) in [6.45, 7) is 0.0348. The van der Waals surface area contributed by atoms with Gasteiger partial charge in [0.1, 0.15) is 42.7 Å². The molecule has 2 rings (SSSR count). The van der Waals surface area contributed by atoms with Gasteiger partial charge in [-0.25, -0.2) is 8.98 Å². The van der Waals surface area contributed by atoms with E-state index in [-0.39, 0.29) is 0 Å². The minimum Gasteiger partial charge on any atom is -0.479 e. The zero-order chi connectivity index (χ0) is 23.7. The molecule has 0 bridgehead atoms. The van der Waals surface area contributed by atoms with E-state index in [2.05, 4.69) is 9.50 Å². The molecule has 0 spiro atoms. The molecule has 31 heavy (non-hydrogen) atoms. The van der Waals surface area contributed by atoms with E-state index in [0.29, 0.717) is 0 Å². The van der Waals surface area contributed by atoms with Gasteiger partial charge in [-0.3, -0.25) is 9.35 Å². The second-order valence-corrected chi connectivity index (χ2v) is 7.92. The molecular weight excluding hydrogens is 454 g/mol. The summed E-state index contributed by atoms with van der Waals surface area (Å²) in [5.41, 5.74) is 0. The maximum atomic E-state index is 11.5. The molecule has 8 N–H and O–H groups in total. The molecule has 2 aliphatic rings. The highest BCUT2D eigenvalue weighted by Gasteiger charge is 2.52. The summed E-state index contributed by atoms with van der Waals surface area (Å²) in [6, 6.07) is -1.54. The molecular formula is C14H23NO15S. The van der Waals surface area contributed by atoms with Crippen LogP contribution in [0.15, 0.2) is 0 Å². The number of hydrogen-bond donors (Lipinski definition) is 8. The van der Waals surface area contributed by atoms with Crippen molar-refractivity contribution in [2.24, 2.45) is 0 Å². The quantitative estimate of drug-likeness (QED) is 0.159. The standard InChI is InChI=1S/C14H23NO15S/c1-3(16)15-5-10(6(17)4(28-13(5)23)2-27-31(24,25)26)29-14-9(20)7(18)8(19)11(30-14)12(21)22/h4-11,13-14,17-20,23H,2H2,1H3,(H,15,16)(H,21,22)(H,24,25,26)/t4-,5-,6+,7+,8+,9-,10-,11+,13?,14-/m1/s1. The number of ether oxygens (including phenoxy) is 3. The molecule has 2 saturated heterocycles. The van der Waals surface area contributed by atoms with E-state index in [4.69, 9.17) is 23.9 Å². The van der Waals surface area contributed by atoms with Gasteiger partial charge in [0, 0.05) is 6.92 Å². The predicted octanol–water partition coefficient (Wildman–Crippen LogP) is -5.33. The highest BCUT2D eigenvalue weighted by molar-refractivity contribution is 7.80. The number of aliphatic hydroxyl groups excluding tert-OH is 5. The van der Waals surface area contributed by atoms with Crippen LogP contribution >= 0.6 is 0 Å². The van der Waals surface area contributed by atoms with Crippen LogP contribution in [0, 0.1) is 0 Å². The van der Waals surface area contributed by atoms with Crippen molar-refractivity contribution in [1.29, 1.82) is 0 Å². The molecule has 10 atom stereocenters. The zero-order valence-electron chi connectivity index (χ0n) is 15.8. The predicted molar refractivity (Wildman–Crippen MR) is 91.2 cm³/mol. The lowest BCUT2D eigenvalue weighted by Crippen LogP contribution is -2.68. The second kappa shape index (κ2) is 9.96. The number of rotatable bonds is 7. The first-order valence-corrected chi connectivity index (χ1v) is 10.1. The summed E-state index contributed by atoms with van der Waals surface area (Å²) in [4.78, 5) is 22.7. The monoisotopic (exact) mass is 477 g/mol. The minimum absolute atomic E-state index is 0.731. The molecule has 180 valence electrons. The number of carbonyl (C=O) groups is 2. The number of aliphatic hydroxyl groups is 5. The second-order valence-electron chi connectivity index (χ2n) is 6.83. The van der Waals surface area contributed by atoms with Crippen LogP contribution in [-0.2, 0) is 38.4 Å². The van der Waals surface area contributed by atoms with Crippen molar-refractivity contribution in [3.05, 3.63) is 0 Å². The maximum Gasteiger partial charge on any atom is 0.397 e. The summed E-state index contributed by atoms with van der Waals surface area (Å²) in [6.07, 6.45) is -17.3. The van der Waals surface area contributed by atoms with Crippen LogP contribution in [0.3, 0.4) is 0 Å². The Kier molecular flexibility index (Phi) is 8.27. The van der Waals surface area contributed by atoms with Crippen LogP contribution in [-0.4, -0.2) is 123 Å². The van der Waals surface area contributed by atoms with Crippen LogP contribution in [0.4, 0.5) is 0 Å². The van der Waals surface area contributed by atoms with Gasteiger partial charge in [-0.05, 0) is 0 Å². The highest BCUT2D eigenvalue weighted by Crippen LogP contribution is 2.29. The molecule has 0 aromatic heterocycles. The summed E-state index contributed by atoms with van der Waals surface area (Å²) in [7, 11) is -4.95. The fourth-order valence-corrected chi connectivity index (χ4v) is 3.40. The van der Waals surface area contributed by atoms with Crippen molar-refractivity contribution in [3.63, 3.8) is 0 Å². The third-order valence-electron chi connectivity index (χ3n) is 4.55. The first-order chi connectivity index (χ1) is 14.2. The van der Waals surface area contributed by atoms with Crippen molar-refractivity contribution in [2.75, 3.05) is 6.61 Å².